The SMILES string of the molecule is CCOCCS(=O)(=O)N(C)Cc1ccc(O)cc1. The van der Waals surface area contributed by atoms with Crippen LogP contribution in [0.1, 0.15) is 12.5 Å². The van der Waals surface area contributed by atoms with Crippen LogP contribution < -0.4 is 0 Å². The summed E-state index contributed by atoms with van der Waals surface area (Å²) in [5, 5.41) is 9.15. The highest BCUT2D eigenvalue weighted by Crippen LogP contribution is 2.12. The number of hydrogen-bond acceptors (Lipinski definition) is 4. The molecule has 0 aromatic heterocycles. The lowest BCUT2D eigenvalue weighted by atomic mass is 10.2. The molecule has 0 heterocycles. The molecule has 1 N–H and O–H groups in total. The van der Waals surface area contributed by atoms with E-state index in [1.165, 1.54) is 23.5 Å². The Balaban J connectivity index is 2.58. The Morgan fingerprint density at radius 1 is 1.28 bits per heavy atom. The molecule has 0 aliphatic heterocycles. The second kappa shape index (κ2) is 6.72. The van der Waals surface area contributed by atoms with Gasteiger partial charge in [0.05, 0.1) is 12.4 Å². The molecule has 0 spiro atoms. The van der Waals surface area contributed by atoms with E-state index in [-0.39, 0.29) is 24.7 Å². The molecule has 0 saturated carbocycles. The summed E-state index contributed by atoms with van der Waals surface area (Å²) in [6.07, 6.45) is 0. The number of phenols is 1. The third kappa shape index (κ3) is 4.64. The van der Waals surface area contributed by atoms with Crippen molar-refractivity contribution in [1.82, 2.24) is 4.31 Å². The van der Waals surface area contributed by atoms with Crippen molar-refractivity contribution in [3.8, 4) is 5.75 Å². The molecule has 0 saturated heterocycles. The number of sulfonamides is 1. The summed E-state index contributed by atoms with van der Waals surface area (Å²) in [6.45, 7) is 2.83. The second-order valence-electron chi connectivity index (χ2n) is 3.94. The summed E-state index contributed by atoms with van der Waals surface area (Å²) in [5.41, 5.74) is 0.829. The summed E-state index contributed by atoms with van der Waals surface area (Å²) >= 11 is 0. The van der Waals surface area contributed by atoms with E-state index < -0.39 is 10.0 Å². The van der Waals surface area contributed by atoms with Crippen molar-refractivity contribution < 1.29 is 18.3 Å². The first-order valence-electron chi connectivity index (χ1n) is 5.75. The van der Waals surface area contributed by atoms with Crippen LogP contribution >= 0.6 is 0 Å². The predicted octanol–water partition coefficient (Wildman–Crippen LogP) is 1.19. The molecule has 1 aromatic carbocycles. The van der Waals surface area contributed by atoms with Crippen LogP contribution in [0.15, 0.2) is 24.3 Å². The third-order valence-electron chi connectivity index (χ3n) is 2.51. The van der Waals surface area contributed by atoms with Crippen LogP contribution in [-0.2, 0) is 21.3 Å². The highest BCUT2D eigenvalue weighted by atomic mass is 32.2. The summed E-state index contributed by atoms with van der Waals surface area (Å²) in [7, 11) is -1.76. The van der Waals surface area contributed by atoms with E-state index in [0.717, 1.165) is 5.56 Å². The molecule has 0 atom stereocenters. The smallest absolute Gasteiger partial charge is 0.216 e. The highest BCUT2D eigenvalue weighted by molar-refractivity contribution is 7.89. The minimum atomic E-state index is -3.30. The van der Waals surface area contributed by atoms with Crippen molar-refractivity contribution in [2.45, 2.75) is 13.5 Å². The maximum Gasteiger partial charge on any atom is 0.216 e. The van der Waals surface area contributed by atoms with E-state index in [1.807, 2.05) is 6.92 Å². The number of hydrogen-bond donors (Lipinski definition) is 1. The van der Waals surface area contributed by atoms with Crippen molar-refractivity contribution in [3.05, 3.63) is 29.8 Å². The Kier molecular flexibility index (Phi) is 5.58. The molecule has 0 aliphatic rings. The summed E-state index contributed by atoms with van der Waals surface area (Å²) < 4.78 is 30.1. The number of rotatable bonds is 7. The van der Waals surface area contributed by atoms with Crippen molar-refractivity contribution in [2.24, 2.45) is 0 Å². The van der Waals surface area contributed by atoms with Gasteiger partial charge in [-0.15, -0.1) is 0 Å². The Labute approximate surface area is 108 Å². The lowest BCUT2D eigenvalue weighted by Gasteiger charge is -2.17. The molecular weight excluding hydrogens is 254 g/mol. The molecule has 5 nitrogen and oxygen atoms in total. The molecule has 1 aromatic rings. The van der Waals surface area contributed by atoms with E-state index in [9.17, 15) is 8.42 Å². The van der Waals surface area contributed by atoms with Gasteiger partial charge in [0.15, 0.2) is 0 Å². The molecule has 0 bridgehead atoms. The molecule has 0 aliphatic carbocycles. The Hall–Kier alpha value is -1.11. The lowest BCUT2D eigenvalue weighted by Crippen LogP contribution is -2.30. The molecule has 1 rings (SSSR count). The van der Waals surface area contributed by atoms with Gasteiger partial charge in [-0.1, -0.05) is 12.1 Å². The topological polar surface area (TPSA) is 66.8 Å². The Morgan fingerprint density at radius 2 is 1.89 bits per heavy atom. The van der Waals surface area contributed by atoms with Crippen molar-refractivity contribution in [1.29, 1.82) is 0 Å². The van der Waals surface area contributed by atoms with E-state index in [4.69, 9.17) is 9.84 Å². The molecule has 18 heavy (non-hydrogen) atoms. The first-order chi connectivity index (χ1) is 8.45. The van der Waals surface area contributed by atoms with Crippen LogP contribution in [-0.4, -0.2) is 43.8 Å². The van der Waals surface area contributed by atoms with Crippen molar-refractivity contribution in [3.63, 3.8) is 0 Å². The minimum Gasteiger partial charge on any atom is -0.508 e. The third-order valence-corrected chi connectivity index (χ3v) is 4.27. The predicted molar refractivity (Wildman–Crippen MR) is 69.9 cm³/mol. The molecule has 0 fully saturated rings. The number of phenolic OH excluding ortho intramolecular Hbond substituents is 1. The van der Waals surface area contributed by atoms with Crippen LogP contribution in [0.25, 0.3) is 0 Å². The van der Waals surface area contributed by atoms with Crippen LogP contribution in [0.2, 0.25) is 0 Å². The first kappa shape index (κ1) is 14.9. The Bertz CT molecular complexity index is 455. The van der Waals surface area contributed by atoms with Gasteiger partial charge in [-0.2, -0.15) is 0 Å². The van der Waals surface area contributed by atoms with Crippen LogP contribution in [0.3, 0.4) is 0 Å². The molecule has 0 amide bonds. The van der Waals surface area contributed by atoms with E-state index in [1.54, 1.807) is 12.1 Å². The zero-order valence-electron chi connectivity index (χ0n) is 10.7. The van der Waals surface area contributed by atoms with Gasteiger partial charge in [0.2, 0.25) is 10.0 Å². The van der Waals surface area contributed by atoms with E-state index in [0.29, 0.717) is 6.61 Å². The zero-order chi connectivity index (χ0) is 13.6. The molecular formula is C12H19NO4S. The lowest BCUT2D eigenvalue weighted by molar-refractivity contribution is 0.162. The van der Waals surface area contributed by atoms with Gasteiger partial charge in [-0.25, -0.2) is 12.7 Å². The molecule has 6 heteroatoms. The Morgan fingerprint density at radius 3 is 2.44 bits per heavy atom. The maximum absolute atomic E-state index is 11.9. The largest absolute Gasteiger partial charge is 0.508 e. The monoisotopic (exact) mass is 273 g/mol. The second-order valence-corrected chi connectivity index (χ2v) is 6.13. The van der Waals surface area contributed by atoms with Gasteiger partial charge in [0.25, 0.3) is 0 Å². The average molecular weight is 273 g/mol. The zero-order valence-corrected chi connectivity index (χ0v) is 11.5. The van der Waals surface area contributed by atoms with Crippen LogP contribution in [0.5, 0.6) is 5.75 Å². The van der Waals surface area contributed by atoms with Gasteiger partial charge in [-0.05, 0) is 24.6 Å². The van der Waals surface area contributed by atoms with Gasteiger partial charge in [0, 0.05) is 20.2 Å². The van der Waals surface area contributed by atoms with E-state index in [2.05, 4.69) is 0 Å². The normalized spacial score (nSPS) is 11.9. The van der Waals surface area contributed by atoms with E-state index >= 15 is 0 Å². The number of ether oxygens (including phenoxy) is 1. The number of nitrogens with zero attached hydrogens (tertiary/aromatic N) is 1. The van der Waals surface area contributed by atoms with Gasteiger partial charge >= 0.3 is 0 Å². The van der Waals surface area contributed by atoms with Crippen molar-refractivity contribution >= 4 is 10.0 Å². The molecule has 0 radical (unpaired) electrons. The fourth-order valence-corrected chi connectivity index (χ4v) is 2.41. The molecule has 0 unspecified atom stereocenters. The molecule has 102 valence electrons. The minimum absolute atomic E-state index is 0.0184. The summed E-state index contributed by atoms with van der Waals surface area (Å²) in [6, 6.07) is 6.47. The fraction of sp³-hybridized carbons (Fsp3) is 0.500. The summed E-state index contributed by atoms with van der Waals surface area (Å²) in [5.74, 6) is 0.149. The average Bonchev–Trinajstić information content (AvgIpc) is 2.32. The number of aromatic hydroxyl groups is 1. The van der Waals surface area contributed by atoms with Crippen LogP contribution in [0.4, 0.5) is 0 Å². The first-order valence-corrected chi connectivity index (χ1v) is 7.36. The number of benzene rings is 1. The highest BCUT2D eigenvalue weighted by Gasteiger charge is 2.17. The van der Waals surface area contributed by atoms with Gasteiger partial charge in [-0.3, -0.25) is 0 Å². The van der Waals surface area contributed by atoms with Crippen LogP contribution in [0, 0.1) is 0 Å². The maximum atomic E-state index is 11.9. The van der Waals surface area contributed by atoms with Gasteiger partial charge < -0.3 is 9.84 Å². The quantitative estimate of drug-likeness (QED) is 0.758. The van der Waals surface area contributed by atoms with Gasteiger partial charge in [0.1, 0.15) is 5.75 Å². The summed E-state index contributed by atoms with van der Waals surface area (Å²) in [4.78, 5) is 0. The standard InChI is InChI=1S/C12H19NO4S/c1-3-17-8-9-18(15,16)13(2)10-11-4-6-12(14)7-5-11/h4-7,14H,3,8-10H2,1-2H3. The fourth-order valence-electron chi connectivity index (χ4n) is 1.42. The van der Waals surface area contributed by atoms with Crippen molar-refractivity contribution in [2.75, 3.05) is 26.0 Å².